The quantitative estimate of drug-likeness (QED) is 0.851. The smallest absolute Gasteiger partial charge is 0.372 e. The van der Waals surface area contributed by atoms with Crippen LogP contribution in [0, 0.1) is 0 Å². The Morgan fingerprint density at radius 2 is 1.90 bits per heavy atom. The summed E-state index contributed by atoms with van der Waals surface area (Å²) >= 11 is 0. The van der Waals surface area contributed by atoms with Crippen molar-refractivity contribution in [1.29, 1.82) is 0 Å². The van der Waals surface area contributed by atoms with Crippen LogP contribution in [0.5, 0.6) is 0 Å². The second-order valence-corrected chi connectivity index (χ2v) is 4.46. The summed E-state index contributed by atoms with van der Waals surface area (Å²) in [7, 11) is 1.46. The highest BCUT2D eigenvalue weighted by molar-refractivity contribution is 5.88. The lowest BCUT2D eigenvalue weighted by atomic mass is 10.4. The summed E-state index contributed by atoms with van der Waals surface area (Å²) < 4.78 is 3.66. The lowest BCUT2D eigenvalue weighted by Crippen LogP contribution is -2.40. The number of carboxylic acid groups (broad SMARTS) is 1. The van der Waals surface area contributed by atoms with Crippen LogP contribution in [0.1, 0.15) is 30.9 Å². The first-order chi connectivity index (χ1) is 9.43. The fraction of sp³-hybridized carbons (Fsp3) is 0.500. The van der Waals surface area contributed by atoms with Gasteiger partial charge in [-0.15, -0.1) is 0 Å². The van der Waals surface area contributed by atoms with E-state index in [0.29, 0.717) is 13.0 Å². The van der Waals surface area contributed by atoms with Crippen molar-refractivity contribution in [1.82, 2.24) is 18.7 Å². The SMILES string of the molecule is CCCn1c(=O)n(CC)c(=O)c2c1nc(C(=O)O)n2C. The lowest BCUT2D eigenvalue weighted by Gasteiger charge is -2.09. The van der Waals surface area contributed by atoms with E-state index in [1.165, 1.54) is 16.2 Å². The summed E-state index contributed by atoms with van der Waals surface area (Å²) in [6.45, 7) is 4.19. The lowest BCUT2D eigenvalue weighted by molar-refractivity contribution is 0.0680. The van der Waals surface area contributed by atoms with Gasteiger partial charge in [-0.05, 0) is 13.3 Å². The van der Waals surface area contributed by atoms with Crippen LogP contribution in [-0.2, 0) is 20.1 Å². The van der Waals surface area contributed by atoms with Crippen LogP contribution in [0.25, 0.3) is 11.2 Å². The van der Waals surface area contributed by atoms with Gasteiger partial charge in [0.2, 0.25) is 5.82 Å². The Bertz CT molecular complexity index is 796. The minimum atomic E-state index is -1.23. The molecule has 2 heterocycles. The highest BCUT2D eigenvalue weighted by Gasteiger charge is 2.21. The minimum Gasteiger partial charge on any atom is -0.475 e. The molecule has 0 bridgehead atoms. The molecule has 0 unspecified atom stereocenters. The topological polar surface area (TPSA) is 99.1 Å². The molecular weight excluding hydrogens is 264 g/mol. The average molecular weight is 280 g/mol. The van der Waals surface area contributed by atoms with Crippen molar-refractivity contribution in [3.8, 4) is 0 Å². The van der Waals surface area contributed by atoms with Crippen LogP contribution < -0.4 is 11.2 Å². The van der Waals surface area contributed by atoms with Gasteiger partial charge in [0.15, 0.2) is 11.2 Å². The van der Waals surface area contributed by atoms with Crippen LogP contribution in [0.4, 0.5) is 0 Å². The first-order valence-electron chi connectivity index (χ1n) is 6.37. The van der Waals surface area contributed by atoms with Gasteiger partial charge in [0.1, 0.15) is 0 Å². The van der Waals surface area contributed by atoms with E-state index in [0.717, 1.165) is 4.57 Å². The Morgan fingerprint density at radius 1 is 1.25 bits per heavy atom. The summed E-state index contributed by atoms with van der Waals surface area (Å²) in [6, 6.07) is 0. The summed E-state index contributed by atoms with van der Waals surface area (Å²) in [5.41, 5.74) is -0.701. The van der Waals surface area contributed by atoms with Crippen LogP contribution in [0.3, 0.4) is 0 Å². The number of fused-ring (bicyclic) bond motifs is 1. The van der Waals surface area contributed by atoms with E-state index in [-0.39, 0.29) is 23.5 Å². The summed E-state index contributed by atoms with van der Waals surface area (Å²) in [5.74, 6) is -1.49. The zero-order valence-electron chi connectivity index (χ0n) is 11.6. The number of aromatic nitrogens is 4. The van der Waals surface area contributed by atoms with Gasteiger partial charge in [-0.25, -0.2) is 14.6 Å². The molecule has 0 saturated carbocycles. The standard InChI is InChI=1S/C12H16N4O4/c1-4-6-16-8-7(10(17)15(5-2)12(16)20)14(3)9(13-8)11(18)19/h4-6H2,1-3H3,(H,18,19). The third kappa shape index (κ3) is 1.84. The third-order valence-corrected chi connectivity index (χ3v) is 3.20. The van der Waals surface area contributed by atoms with Crippen molar-refractivity contribution < 1.29 is 9.90 Å². The van der Waals surface area contributed by atoms with E-state index in [9.17, 15) is 14.4 Å². The van der Waals surface area contributed by atoms with Crippen molar-refractivity contribution in [2.24, 2.45) is 7.05 Å². The molecule has 2 aromatic heterocycles. The molecule has 8 heteroatoms. The summed E-state index contributed by atoms with van der Waals surface area (Å²) in [4.78, 5) is 39.6. The monoisotopic (exact) mass is 280 g/mol. The van der Waals surface area contributed by atoms with E-state index in [2.05, 4.69) is 4.98 Å². The number of rotatable bonds is 4. The molecule has 0 amide bonds. The van der Waals surface area contributed by atoms with E-state index in [1.807, 2.05) is 6.92 Å². The normalized spacial score (nSPS) is 11.2. The molecule has 0 fully saturated rings. The number of nitrogens with zero attached hydrogens (tertiary/aromatic N) is 4. The van der Waals surface area contributed by atoms with Crippen molar-refractivity contribution in [2.75, 3.05) is 0 Å². The zero-order chi connectivity index (χ0) is 15.0. The van der Waals surface area contributed by atoms with Gasteiger partial charge in [-0.1, -0.05) is 6.92 Å². The Kier molecular flexibility index (Phi) is 3.47. The predicted molar refractivity (Wildman–Crippen MR) is 72.2 cm³/mol. The van der Waals surface area contributed by atoms with Gasteiger partial charge in [0, 0.05) is 20.1 Å². The van der Waals surface area contributed by atoms with E-state index in [4.69, 9.17) is 5.11 Å². The molecule has 2 aromatic rings. The second-order valence-electron chi connectivity index (χ2n) is 4.46. The number of carbonyl (C=O) groups is 1. The van der Waals surface area contributed by atoms with Crippen molar-refractivity contribution in [3.05, 3.63) is 26.7 Å². The van der Waals surface area contributed by atoms with Crippen LogP contribution in [-0.4, -0.2) is 29.8 Å². The van der Waals surface area contributed by atoms with E-state index >= 15 is 0 Å². The Balaban J connectivity index is 3.03. The number of carboxylic acids is 1. The predicted octanol–water partition coefficient (Wildman–Crippen LogP) is 0.0248. The summed E-state index contributed by atoms with van der Waals surface area (Å²) in [5, 5.41) is 9.09. The molecule has 1 N–H and O–H groups in total. The minimum absolute atomic E-state index is 0.131. The van der Waals surface area contributed by atoms with Crippen LogP contribution >= 0.6 is 0 Å². The maximum Gasteiger partial charge on any atom is 0.372 e. The Hall–Kier alpha value is -2.38. The molecule has 2 rings (SSSR count). The zero-order valence-corrected chi connectivity index (χ0v) is 11.6. The van der Waals surface area contributed by atoms with Gasteiger partial charge in [0.25, 0.3) is 5.56 Å². The van der Waals surface area contributed by atoms with Crippen molar-refractivity contribution in [3.63, 3.8) is 0 Å². The van der Waals surface area contributed by atoms with Crippen molar-refractivity contribution >= 4 is 17.1 Å². The summed E-state index contributed by atoms with van der Waals surface area (Å²) in [6.07, 6.45) is 0.676. The molecule has 108 valence electrons. The molecule has 0 aromatic carbocycles. The maximum atomic E-state index is 12.3. The molecular formula is C12H16N4O4. The highest BCUT2D eigenvalue weighted by atomic mass is 16.4. The molecule has 0 spiro atoms. The molecule has 0 atom stereocenters. The largest absolute Gasteiger partial charge is 0.475 e. The van der Waals surface area contributed by atoms with Crippen molar-refractivity contribution in [2.45, 2.75) is 33.4 Å². The maximum absolute atomic E-state index is 12.3. The average Bonchev–Trinajstić information content (AvgIpc) is 2.73. The molecule has 8 nitrogen and oxygen atoms in total. The van der Waals surface area contributed by atoms with Gasteiger partial charge in [0.05, 0.1) is 0 Å². The van der Waals surface area contributed by atoms with E-state index in [1.54, 1.807) is 6.92 Å². The number of imidazole rings is 1. The first kappa shape index (κ1) is 14.0. The highest BCUT2D eigenvalue weighted by Crippen LogP contribution is 2.10. The molecule has 0 saturated heterocycles. The van der Waals surface area contributed by atoms with Gasteiger partial charge >= 0.3 is 11.7 Å². The van der Waals surface area contributed by atoms with E-state index < -0.39 is 17.2 Å². The fourth-order valence-electron chi connectivity index (χ4n) is 2.26. The molecule has 0 aliphatic heterocycles. The number of hydrogen-bond donors (Lipinski definition) is 1. The first-order valence-corrected chi connectivity index (χ1v) is 6.37. The van der Waals surface area contributed by atoms with Gasteiger partial charge in [-0.3, -0.25) is 13.9 Å². The molecule has 0 aliphatic carbocycles. The number of aryl methyl sites for hydroxylation is 2. The second kappa shape index (κ2) is 4.95. The molecule has 20 heavy (non-hydrogen) atoms. The fourth-order valence-corrected chi connectivity index (χ4v) is 2.26. The number of aromatic carboxylic acids is 1. The van der Waals surface area contributed by atoms with Gasteiger partial charge < -0.3 is 9.67 Å². The molecule has 0 radical (unpaired) electrons. The Labute approximate surface area is 113 Å². The third-order valence-electron chi connectivity index (χ3n) is 3.20. The van der Waals surface area contributed by atoms with Crippen LogP contribution in [0.2, 0.25) is 0 Å². The number of hydrogen-bond acceptors (Lipinski definition) is 4. The molecule has 0 aliphatic rings. The van der Waals surface area contributed by atoms with Crippen LogP contribution in [0.15, 0.2) is 9.59 Å². The van der Waals surface area contributed by atoms with Gasteiger partial charge in [-0.2, -0.15) is 0 Å². The Morgan fingerprint density at radius 3 is 2.40 bits per heavy atom.